The molecule has 0 aliphatic carbocycles. The van der Waals surface area contributed by atoms with E-state index in [1.54, 1.807) is 24.5 Å². The van der Waals surface area contributed by atoms with Crippen LogP contribution in [0.3, 0.4) is 0 Å². The summed E-state index contributed by atoms with van der Waals surface area (Å²) in [5.74, 6) is 1.05. The van der Waals surface area contributed by atoms with E-state index in [1.807, 2.05) is 60.8 Å². The van der Waals surface area contributed by atoms with E-state index in [9.17, 15) is 5.11 Å². The molecule has 0 spiro atoms. The summed E-state index contributed by atoms with van der Waals surface area (Å²) in [6.45, 7) is 0. The first-order valence-electron chi connectivity index (χ1n) is 9.61. The molecule has 1 fully saturated rings. The summed E-state index contributed by atoms with van der Waals surface area (Å²) in [6.07, 6.45) is 5.58. The lowest BCUT2D eigenvalue weighted by Crippen LogP contribution is -2.30. The van der Waals surface area contributed by atoms with Crippen molar-refractivity contribution in [1.82, 2.24) is 19.9 Å². The van der Waals surface area contributed by atoms with Gasteiger partial charge in [0.1, 0.15) is 17.6 Å². The summed E-state index contributed by atoms with van der Waals surface area (Å²) < 4.78 is 2.07. The fourth-order valence-electron chi connectivity index (χ4n) is 3.89. The van der Waals surface area contributed by atoms with Crippen LogP contribution in [0.4, 0.5) is 5.69 Å². The lowest BCUT2D eigenvalue weighted by molar-refractivity contribution is 0.475. The van der Waals surface area contributed by atoms with E-state index < -0.39 is 0 Å². The molecule has 0 amide bonds. The lowest BCUT2D eigenvalue weighted by Gasteiger charge is -2.28. The smallest absolute Gasteiger partial charge is 0.174 e. The van der Waals surface area contributed by atoms with Gasteiger partial charge in [0, 0.05) is 30.0 Å². The van der Waals surface area contributed by atoms with Crippen molar-refractivity contribution >= 4 is 23.0 Å². The Morgan fingerprint density at radius 1 is 0.867 bits per heavy atom. The van der Waals surface area contributed by atoms with Gasteiger partial charge >= 0.3 is 0 Å². The molecule has 1 aliphatic heterocycles. The summed E-state index contributed by atoms with van der Waals surface area (Å²) in [4.78, 5) is 11.2. The number of phenols is 1. The maximum Gasteiger partial charge on any atom is 0.174 e. The molecule has 4 aromatic rings. The molecule has 2 N–H and O–H groups in total. The molecule has 0 saturated carbocycles. The Morgan fingerprint density at radius 2 is 1.63 bits per heavy atom. The molecule has 1 aliphatic rings. The van der Waals surface area contributed by atoms with Gasteiger partial charge in [-0.15, -0.1) is 0 Å². The number of aromatic nitrogens is 3. The fourth-order valence-corrected chi connectivity index (χ4v) is 4.23. The highest BCUT2D eigenvalue weighted by atomic mass is 32.1. The maximum absolute atomic E-state index is 9.75. The van der Waals surface area contributed by atoms with Crippen molar-refractivity contribution in [3.63, 3.8) is 0 Å². The summed E-state index contributed by atoms with van der Waals surface area (Å²) in [5, 5.41) is 13.8. The van der Waals surface area contributed by atoms with Gasteiger partial charge in [-0.25, -0.2) is 4.98 Å². The average molecular weight is 414 g/mol. The first-order valence-corrected chi connectivity index (χ1v) is 10.0. The SMILES string of the molecule is Oc1ccc(N2C(=S)N[C@@H](c3ccccn3)[C@@H]2c2cccn2-c2ccccn2)cc1. The number of hydrogen-bond acceptors (Lipinski definition) is 4. The zero-order valence-corrected chi connectivity index (χ0v) is 16.8. The van der Waals surface area contributed by atoms with Crippen LogP contribution in [-0.4, -0.2) is 24.8 Å². The largest absolute Gasteiger partial charge is 0.508 e. The molecule has 0 unspecified atom stereocenters. The zero-order valence-electron chi connectivity index (χ0n) is 16.0. The minimum atomic E-state index is -0.158. The summed E-state index contributed by atoms with van der Waals surface area (Å²) in [6, 6.07) is 22.6. The van der Waals surface area contributed by atoms with Crippen LogP contribution in [0, 0.1) is 0 Å². The van der Waals surface area contributed by atoms with Gasteiger partial charge in [-0.3, -0.25) is 4.98 Å². The molecular weight excluding hydrogens is 394 g/mol. The Hall–Kier alpha value is -3.71. The highest BCUT2D eigenvalue weighted by molar-refractivity contribution is 7.80. The van der Waals surface area contributed by atoms with Crippen molar-refractivity contribution in [3.05, 3.63) is 103 Å². The number of nitrogens with zero attached hydrogens (tertiary/aromatic N) is 4. The molecule has 30 heavy (non-hydrogen) atoms. The third-order valence-electron chi connectivity index (χ3n) is 5.21. The number of hydrogen-bond donors (Lipinski definition) is 2. The second kappa shape index (κ2) is 7.61. The minimum Gasteiger partial charge on any atom is -0.508 e. The number of benzene rings is 1. The normalized spacial score (nSPS) is 18.4. The summed E-state index contributed by atoms with van der Waals surface area (Å²) in [7, 11) is 0. The molecule has 7 heteroatoms. The number of thiocarbonyl (C=S) groups is 1. The van der Waals surface area contributed by atoms with Crippen molar-refractivity contribution < 1.29 is 5.11 Å². The van der Waals surface area contributed by atoms with E-state index in [0.717, 1.165) is 22.9 Å². The van der Waals surface area contributed by atoms with E-state index in [-0.39, 0.29) is 17.8 Å². The van der Waals surface area contributed by atoms with Crippen molar-refractivity contribution in [2.45, 2.75) is 12.1 Å². The molecule has 3 aromatic heterocycles. The van der Waals surface area contributed by atoms with Crippen LogP contribution in [0.1, 0.15) is 23.5 Å². The van der Waals surface area contributed by atoms with Gasteiger partial charge in [-0.1, -0.05) is 12.1 Å². The van der Waals surface area contributed by atoms with Gasteiger partial charge in [0.05, 0.1) is 11.7 Å². The first-order chi connectivity index (χ1) is 14.7. The summed E-state index contributed by atoms with van der Waals surface area (Å²) in [5.41, 5.74) is 2.83. The Morgan fingerprint density at radius 3 is 2.33 bits per heavy atom. The third-order valence-corrected chi connectivity index (χ3v) is 5.52. The minimum absolute atomic E-state index is 0.148. The molecule has 6 nitrogen and oxygen atoms in total. The van der Waals surface area contributed by atoms with Crippen molar-refractivity contribution in [1.29, 1.82) is 0 Å². The topological polar surface area (TPSA) is 66.2 Å². The quantitative estimate of drug-likeness (QED) is 0.490. The second-order valence-corrected chi connectivity index (χ2v) is 7.39. The van der Waals surface area contributed by atoms with Crippen LogP contribution in [0.2, 0.25) is 0 Å². The van der Waals surface area contributed by atoms with Crippen LogP contribution in [0.5, 0.6) is 5.75 Å². The number of aromatic hydroxyl groups is 1. The molecule has 0 radical (unpaired) electrons. The molecule has 2 atom stereocenters. The van der Waals surface area contributed by atoms with Gasteiger partial charge < -0.3 is 19.9 Å². The maximum atomic E-state index is 9.75. The van der Waals surface area contributed by atoms with Gasteiger partial charge in [-0.2, -0.15) is 0 Å². The Kier molecular flexibility index (Phi) is 4.65. The van der Waals surface area contributed by atoms with E-state index in [1.165, 1.54) is 0 Å². The van der Waals surface area contributed by atoms with Crippen LogP contribution < -0.4 is 10.2 Å². The number of phenolic OH excluding ortho intramolecular Hbond substituents is 1. The van der Waals surface area contributed by atoms with E-state index in [2.05, 4.69) is 30.8 Å². The Labute approximate surface area is 179 Å². The van der Waals surface area contributed by atoms with E-state index >= 15 is 0 Å². The third kappa shape index (κ3) is 3.19. The monoisotopic (exact) mass is 413 g/mol. The van der Waals surface area contributed by atoms with Crippen molar-refractivity contribution in [2.75, 3.05) is 4.90 Å². The van der Waals surface area contributed by atoms with Gasteiger partial charge in [0.25, 0.3) is 0 Å². The number of rotatable bonds is 4. The van der Waals surface area contributed by atoms with Gasteiger partial charge in [0.2, 0.25) is 0 Å². The number of pyridine rings is 2. The van der Waals surface area contributed by atoms with Crippen molar-refractivity contribution in [3.8, 4) is 11.6 Å². The zero-order chi connectivity index (χ0) is 20.5. The molecule has 5 rings (SSSR count). The van der Waals surface area contributed by atoms with Gasteiger partial charge in [0.15, 0.2) is 5.11 Å². The van der Waals surface area contributed by atoms with Crippen LogP contribution in [0.15, 0.2) is 91.4 Å². The van der Waals surface area contributed by atoms with Gasteiger partial charge in [-0.05, 0) is 72.9 Å². The van der Waals surface area contributed by atoms with Crippen LogP contribution >= 0.6 is 12.2 Å². The lowest BCUT2D eigenvalue weighted by atomic mass is 10.0. The van der Waals surface area contributed by atoms with E-state index in [4.69, 9.17) is 12.2 Å². The molecule has 1 saturated heterocycles. The van der Waals surface area contributed by atoms with Crippen LogP contribution in [0.25, 0.3) is 5.82 Å². The predicted molar refractivity (Wildman–Crippen MR) is 120 cm³/mol. The highest BCUT2D eigenvalue weighted by Crippen LogP contribution is 2.42. The summed E-state index contributed by atoms with van der Waals surface area (Å²) >= 11 is 5.74. The molecule has 148 valence electrons. The highest BCUT2D eigenvalue weighted by Gasteiger charge is 2.42. The number of anilines is 1. The molecular formula is C23H19N5OS. The Balaban J connectivity index is 1.67. The standard InChI is InChI=1S/C23H19N5OS/c29-17-11-9-16(10-12-17)28-22(21(26-23(28)30)18-6-1-3-13-24-18)19-7-5-15-27(19)20-8-2-4-14-25-20/h1-15,21-22,29H,(H,26,30)/t21-,22-/m0/s1. The van der Waals surface area contributed by atoms with Crippen LogP contribution in [-0.2, 0) is 0 Å². The predicted octanol–water partition coefficient (Wildman–Crippen LogP) is 4.15. The average Bonchev–Trinajstić information content (AvgIpc) is 3.40. The Bertz CT molecular complexity index is 1160. The van der Waals surface area contributed by atoms with E-state index in [0.29, 0.717) is 5.11 Å². The molecule has 1 aromatic carbocycles. The van der Waals surface area contributed by atoms with Crippen molar-refractivity contribution in [2.24, 2.45) is 0 Å². The fraction of sp³-hybridized carbons (Fsp3) is 0.0870. The molecule has 0 bridgehead atoms. The first kappa shape index (κ1) is 18.3. The number of nitrogens with one attached hydrogen (secondary N) is 1. The molecule has 4 heterocycles. The second-order valence-electron chi connectivity index (χ2n) is 7.00.